The summed E-state index contributed by atoms with van der Waals surface area (Å²) < 4.78 is 5.55. The molecule has 3 rings (SSSR count). The van der Waals surface area contributed by atoms with Crippen LogP contribution in [0.2, 0.25) is 0 Å². The molecular formula is C20H37N3O2. The summed E-state index contributed by atoms with van der Waals surface area (Å²) in [6.45, 7) is 6.77. The maximum absolute atomic E-state index is 12.8. The van der Waals surface area contributed by atoms with Gasteiger partial charge in [-0.1, -0.05) is 39.0 Å². The fourth-order valence-electron chi connectivity index (χ4n) is 5.14. The minimum absolute atomic E-state index is 0.123. The van der Waals surface area contributed by atoms with Gasteiger partial charge < -0.3 is 15.0 Å². The van der Waals surface area contributed by atoms with E-state index >= 15 is 0 Å². The molecule has 25 heavy (non-hydrogen) atoms. The summed E-state index contributed by atoms with van der Waals surface area (Å²) in [4.78, 5) is 17.4. The lowest BCUT2D eigenvalue weighted by atomic mass is 9.79. The molecule has 1 heterocycles. The van der Waals surface area contributed by atoms with Crippen molar-refractivity contribution in [2.75, 3.05) is 39.9 Å². The second-order valence-corrected chi connectivity index (χ2v) is 8.58. The zero-order valence-electron chi connectivity index (χ0n) is 16.3. The Morgan fingerprint density at radius 2 is 1.88 bits per heavy atom. The molecule has 144 valence electrons. The molecule has 3 aliphatic rings. The van der Waals surface area contributed by atoms with Crippen molar-refractivity contribution in [3.63, 3.8) is 0 Å². The van der Waals surface area contributed by atoms with Crippen molar-refractivity contribution in [1.82, 2.24) is 15.1 Å². The van der Waals surface area contributed by atoms with Crippen molar-refractivity contribution in [3.8, 4) is 0 Å². The van der Waals surface area contributed by atoms with Crippen LogP contribution in [0.25, 0.3) is 0 Å². The highest BCUT2D eigenvalue weighted by atomic mass is 16.5. The first kappa shape index (κ1) is 19.0. The summed E-state index contributed by atoms with van der Waals surface area (Å²) in [5.74, 6) is 0.743. The Bertz CT molecular complexity index is 431. The Morgan fingerprint density at radius 3 is 2.56 bits per heavy atom. The second-order valence-electron chi connectivity index (χ2n) is 8.58. The Balaban J connectivity index is 1.57. The van der Waals surface area contributed by atoms with Crippen LogP contribution in [0.5, 0.6) is 0 Å². The van der Waals surface area contributed by atoms with Gasteiger partial charge in [0, 0.05) is 38.3 Å². The number of carbonyl (C=O) groups excluding carboxylic acids is 1. The molecule has 0 aromatic rings. The lowest BCUT2D eigenvalue weighted by molar-refractivity contribution is -0.0361. The van der Waals surface area contributed by atoms with Gasteiger partial charge >= 0.3 is 6.03 Å². The average molecular weight is 352 g/mol. The largest absolute Gasteiger partial charge is 0.379 e. The summed E-state index contributed by atoms with van der Waals surface area (Å²) in [6.07, 6.45) is 11.2. The maximum atomic E-state index is 12.8. The van der Waals surface area contributed by atoms with Gasteiger partial charge in [-0.05, 0) is 31.6 Å². The van der Waals surface area contributed by atoms with E-state index in [0.29, 0.717) is 6.04 Å². The van der Waals surface area contributed by atoms with Gasteiger partial charge in [0.25, 0.3) is 0 Å². The van der Waals surface area contributed by atoms with Gasteiger partial charge in [0.15, 0.2) is 0 Å². The zero-order chi connectivity index (χ0) is 17.7. The molecule has 3 fully saturated rings. The van der Waals surface area contributed by atoms with Crippen molar-refractivity contribution < 1.29 is 9.53 Å². The summed E-state index contributed by atoms with van der Waals surface area (Å²) in [7, 11) is 1.99. The van der Waals surface area contributed by atoms with Crippen LogP contribution in [-0.2, 0) is 4.74 Å². The molecule has 1 N–H and O–H groups in total. The summed E-state index contributed by atoms with van der Waals surface area (Å²) in [5, 5.41) is 3.31. The average Bonchev–Trinajstić information content (AvgIpc) is 2.67. The van der Waals surface area contributed by atoms with Gasteiger partial charge in [-0.3, -0.25) is 4.90 Å². The number of rotatable bonds is 4. The molecule has 2 atom stereocenters. The standard InChI is InChI=1S/C20H37N3O2/c1-17-7-6-8-18(15-17)22(2)19(24)21-16-20(9-4-3-5-10-20)23-11-13-25-14-12-23/h17-18H,3-16H2,1-2H3,(H,21,24). The Kier molecular flexibility index (Phi) is 6.61. The minimum atomic E-state index is 0.123. The molecule has 0 bridgehead atoms. The Hall–Kier alpha value is -0.810. The van der Waals surface area contributed by atoms with Crippen molar-refractivity contribution in [2.45, 2.75) is 76.3 Å². The number of morpholine rings is 1. The van der Waals surface area contributed by atoms with Gasteiger partial charge in [-0.25, -0.2) is 4.79 Å². The molecule has 2 saturated carbocycles. The normalized spacial score (nSPS) is 30.6. The molecule has 5 nitrogen and oxygen atoms in total. The molecular weight excluding hydrogens is 314 g/mol. The summed E-state index contributed by atoms with van der Waals surface area (Å²) in [6, 6.07) is 0.534. The number of amides is 2. The van der Waals surface area contributed by atoms with Gasteiger partial charge in [0.05, 0.1) is 13.2 Å². The van der Waals surface area contributed by atoms with E-state index in [9.17, 15) is 4.79 Å². The smallest absolute Gasteiger partial charge is 0.317 e. The van der Waals surface area contributed by atoms with E-state index < -0.39 is 0 Å². The van der Waals surface area contributed by atoms with E-state index in [1.807, 2.05) is 11.9 Å². The quantitative estimate of drug-likeness (QED) is 0.846. The van der Waals surface area contributed by atoms with Crippen LogP contribution in [0.3, 0.4) is 0 Å². The lowest BCUT2D eigenvalue weighted by Gasteiger charge is -2.48. The van der Waals surface area contributed by atoms with Crippen LogP contribution in [0, 0.1) is 5.92 Å². The van der Waals surface area contributed by atoms with Gasteiger partial charge in [0.2, 0.25) is 0 Å². The van der Waals surface area contributed by atoms with Crippen LogP contribution in [0.4, 0.5) is 4.79 Å². The van der Waals surface area contributed by atoms with Crippen LogP contribution in [0.1, 0.15) is 64.7 Å². The second kappa shape index (κ2) is 8.72. The molecule has 0 aromatic carbocycles. The number of carbonyl (C=O) groups is 1. The maximum Gasteiger partial charge on any atom is 0.317 e. The first-order chi connectivity index (χ1) is 12.1. The number of ether oxygens (including phenoxy) is 1. The van der Waals surface area contributed by atoms with Crippen LogP contribution in [-0.4, -0.2) is 67.3 Å². The third-order valence-corrected chi connectivity index (χ3v) is 6.81. The number of nitrogens with one attached hydrogen (secondary N) is 1. The SMILES string of the molecule is CC1CCCC(N(C)C(=O)NCC2(N3CCOCC3)CCCCC2)C1. The lowest BCUT2D eigenvalue weighted by Crippen LogP contribution is -2.60. The van der Waals surface area contributed by atoms with E-state index in [1.165, 1.54) is 44.9 Å². The predicted octanol–water partition coefficient (Wildman–Crippen LogP) is 3.24. The molecule has 2 aliphatic carbocycles. The molecule has 0 aromatic heterocycles. The third kappa shape index (κ3) is 4.68. The number of hydrogen-bond acceptors (Lipinski definition) is 3. The van der Waals surface area contributed by atoms with E-state index in [-0.39, 0.29) is 11.6 Å². The molecule has 2 amide bonds. The van der Waals surface area contributed by atoms with Crippen LogP contribution >= 0.6 is 0 Å². The number of urea groups is 1. The molecule has 0 spiro atoms. The fourth-order valence-corrected chi connectivity index (χ4v) is 5.14. The summed E-state index contributed by atoms with van der Waals surface area (Å²) >= 11 is 0. The first-order valence-corrected chi connectivity index (χ1v) is 10.4. The van der Waals surface area contributed by atoms with E-state index in [1.54, 1.807) is 0 Å². The van der Waals surface area contributed by atoms with Gasteiger partial charge in [0.1, 0.15) is 0 Å². The van der Waals surface area contributed by atoms with Crippen LogP contribution in [0.15, 0.2) is 0 Å². The number of nitrogens with zero attached hydrogens (tertiary/aromatic N) is 2. The Morgan fingerprint density at radius 1 is 1.16 bits per heavy atom. The molecule has 1 saturated heterocycles. The highest BCUT2D eigenvalue weighted by Crippen LogP contribution is 2.34. The van der Waals surface area contributed by atoms with Crippen molar-refractivity contribution >= 4 is 6.03 Å². The predicted molar refractivity (Wildman–Crippen MR) is 101 cm³/mol. The molecule has 0 radical (unpaired) electrons. The molecule has 2 unspecified atom stereocenters. The highest BCUT2D eigenvalue weighted by Gasteiger charge is 2.39. The topological polar surface area (TPSA) is 44.8 Å². The van der Waals surface area contributed by atoms with Crippen LogP contribution < -0.4 is 5.32 Å². The highest BCUT2D eigenvalue weighted by molar-refractivity contribution is 5.74. The Labute approximate surface area is 153 Å². The van der Waals surface area contributed by atoms with E-state index in [4.69, 9.17) is 4.74 Å². The molecule has 1 aliphatic heterocycles. The van der Waals surface area contributed by atoms with E-state index in [0.717, 1.165) is 51.6 Å². The van der Waals surface area contributed by atoms with Crippen molar-refractivity contribution in [3.05, 3.63) is 0 Å². The first-order valence-electron chi connectivity index (χ1n) is 10.4. The van der Waals surface area contributed by atoms with Gasteiger partial charge in [-0.15, -0.1) is 0 Å². The molecule has 5 heteroatoms. The van der Waals surface area contributed by atoms with Crippen molar-refractivity contribution in [1.29, 1.82) is 0 Å². The fraction of sp³-hybridized carbons (Fsp3) is 0.950. The summed E-state index contributed by atoms with van der Waals surface area (Å²) in [5.41, 5.74) is 0.151. The third-order valence-electron chi connectivity index (χ3n) is 6.81. The van der Waals surface area contributed by atoms with Crippen molar-refractivity contribution in [2.24, 2.45) is 5.92 Å². The minimum Gasteiger partial charge on any atom is -0.379 e. The number of hydrogen-bond donors (Lipinski definition) is 1. The monoisotopic (exact) mass is 351 g/mol. The van der Waals surface area contributed by atoms with E-state index in [2.05, 4.69) is 17.1 Å². The van der Waals surface area contributed by atoms with Gasteiger partial charge in [-0.2, -0.15) is 0 Å². The zero-order valence-corrected chi connectivity index (χ0v) is 16.3.